The van der Waals surface area contributed by atoms with Gasteiger partial charge in [-0.05, 0) is 36.8 Å². The zero-order chi connectivity index (χ0) is 14.1. The highest BCUT2D eigenvalue weighted by atomic mass is 16.6. The molecule has 1 aromatic carbocycles. The molecular weight excluding hydrogens is 256 g/mol. The van der Waals surface area contributed by atoms with Crippen LogP contribution in [0.3, 0.4) is 0 Å². The summed E-state index contributed by atoms with van der Waals surface area (Å²) >= 11 is 0. The number of aromatic amines is 1. The van der Waals surface area contributed by atoms with Crippen LogP contribution in [-0.2, 0) is 0 Å². The Morgan fingerprint density at radius 2 is 2.25 bits per heavy atom. The molecule has 1 aliphatic rings. The number of fused-ring (bicyclic) bond motifs is 1. The van der Waals surface area contributed by atoms with E-state index >= 15 is 0 Å². The average molecular weight is 274 g/mol. The molecule has 20 heavy (non-hydrogen) atoms. The maximum Gasteiger partial charge on any atom is 0.270 e. The average Bonchev–Trinajstić information content (AvgIpc) is 2.90. The summed E-state index contributed by atoms with van der Waals surface area (Å²) < 4.78 is 0. The van der Waals surface area contributed by atoms with Crippen LogP contribution >= 0.6 is 0 Å². The van der Waals surface area contributed by atoms with E-state index in [0.29, 0.717) is 12.0 Å². The Morgan fingerprint density at radius 1 is 1.40 bits per heavy atom. The summed E-state index contributed by atoms with van der Waals surface area (Å²) in [5.41, 5.74) is 5.12. The summed E-state index contributed by atoms with van der Waals surface area (Å²) in [6.45, 7) is 0. The van der Waals surface area contributed by atoms with E-state index in [4.69, 9.17) is 5.84 Å². The molecule has 0 bridgehead atoms. The van der Waals surface area contributed by atoms with E-state index in [-0.39, 0.29) is 10.6 Å². The highest BCUT2D eigenvalue weighted by molar-refractivity contribution is 5.85. The second kappa shape index (κ2) is 5.22. The number of benzene rings is 1. The van der Waals surface area contributed by atoms with Crippen molar-refractivity contribution >= 4 is 16.6 Å². The summed E-state index contributed by atoms with van der Waals surface area (Å²) in [5.74, 6) is 5.95. The van der Waals surface area contributed by atoms with Gasteiger partial charge in [0.25, 0.3) is 5.69 Å². The molecule has 6 heteroatoms. The fourth-order valence-corrected chi connectivity index (χ4v) is 3.21. The predicted molar refractivity (Wildman–Crippen MR) is 77.3 cm³/mol. The first-order chi connectivity index (χ1) is 9.69. The van der Waals surface area contributed by atoms with Gasteiger partial charge in [-0.2, -0.15) is 0 Å². The molecule has 1 heterocycles. The molecule has 1 aliphatic carbocycles. The van der Waals surface area contributed by atoms with Crippen LogP contribution in [-0.4, -0.2) is 15.9 Å². The maximum atomic E-state index is 10.9. The molecule has 0 saturated heterocycles. The molecule has 106 valence electrons. The molecule has 1 fully saturated rings. The lowest BCUT2D eigenvalue weighted by atomic mass is 9.81. The van der Waals surface area contributed by atoms with E-state index in [2.05, 4.69) is 10.4 Å². The fraction of sp³-hybridized carbons (Fsp3) is 0.429. The van der Waals surface area contributed by atoms with Crippen molar-refractivity contribution in [3.8, 4) is 0 Å². The largest absolute Gasteiger partial charge is 0.361 e. The summed E-state index contributed by atoms with van der Waals surface area (Å²) in [6, 6.07) is 5.31. The van der Waals surface area contributed by atoms with Crippen LogP contribution in [0.5, 0.6) is 0 Å². The Kier molecular flexibility index (Phi) is 3.42. The molecule has 4 N–H and O–H groups in total. The van der Waals surface area contributed by atoms with Crippen molar-refractivity contribution in [2.24, 2.45) is 5.84 Å². The molecule has 3 rings (SSSR count). The Labute approximate surface area is 116 Å². The fourth-order valence-electron chi connectivity index (χ4n) is 3.21. The summed E-state index contributed by atoms with van der Waals surface area (Å²) in [4.78, 5) is 13.8. The van der Waals surface area contributed by atoms with Crippen LogP contribution in [0.1, 0.15) is 37.2 Å². The molecule has 0 spiro atoms. The van der Waals surface area contributed by atoms with E-state index < -0.39 is 0 Å². The van der Waals surface area contributed by atoms with E-state index in [1.54, 1.807) is 12.1 Å². The van der Waals surface area contributed by atoms with Crippen molar-refractivity contribution in [1.82, 2.24) is 10.4 Å². The van der Waals surface area contributed by atoms with Gasteiger partial charge in [-0.3, -0.25) is 21.4 Å². The van der Waals surface area contributed by atoms with Crippen LogP contribution in [0.25, 0.3) is 10.9 Å². The van der Waals surface area contributed by atoms with Gasteiger partial charge in [0.2, 0.25) is 0 Å². The van der Waals surface area contributed by atoms with Gasteiger partial charge in [0.1, 0.15) is 0 Å². The molecule has 0 amide bonds. The minimum Gasteiger partial charge on any atom is -0.361 e. The van der Waals surface area contributed by atoms with Crippen LogP contribution in [0, 0.1) is 10.1 Å². The number of nitrogens with zero attached hydrogens (tertiary/aromatic N) is 1. The Hall–Kier alpha value is -1.92. The number of hydrogen-bond acceptors (Lipinski definition) is 4. The van der Waals surface area contributed by atoms with Gasteiger partial charge in [-0.15, -0.1) is 0 Å². The third-order valence-corrected chi connectivity index (χ3v) is 4.26. The second-order valence-electron chi connectivity index (χ2n) is 5.46. The van der Waals surface area contributed by atoms with E-state index in [0.717, 1.165) is 36.6 Å². The smallest absolute Gasteiger partial charge is 0.270 e. The first-order valence-corrected chi connectivity index (χ1v) is 6.90. The van der Waals surface area contributed by atoms with E-state index in [1.807, 2.05) is 6.20 Å². The standard InChI is InChI=1S/C14H18N4O2/c15-17-10-3-1-2-9(6-10)13-8-16-14-5-4-11(18(19)20)7-12(13)14/h4-5,7-10,16-17H,1-3,6,15H2. The molecular formula is C14H18N4O2. The third kappa shape index (κ3) is 2.28. The monoisotopic (exact) mass is 274 g/mol. The lowest BCUT2D eigenvalue weighted by Crippen LogP contribution is -2.38. The van der Waals surface area contributed by atoms with E-state index in [1.165, 1.54) is 11.6 Å². The molecule has 0 aliphatic heterocycles. The van der Waals surface area contributed by atoms with Crippen molar-refractivity contribution in [1.29, 1.82) is 0 Å². The maximum absolute atomic E-state index is 10.9. The van der Waals surface area contributed by atoms with Crippen molar-refractivity contribution in [3.63, 3.8) is 0 Å². The van der Waals surface area contributed by atoms with E-state index in [9.17, 15) is 10.1 Å². The van der Waals surface area contributed by atoms with Crippen LogP contribution in [0.15, 0.2) is 24.4 Å². The number of non-ortho nitro benzene ring substituents is 1. The zero-order valence-corrected chi connectivity index (χ0v) is 11.1. The number of hydrogen-bond donors (Lipinski definition) is 3. The van der Waals surface area contributed by atoms with Crippen molar-refractivity contribution in [2.45, 2.75) is 37.6 Å². The Bertz CT molecular complexity index is 637. The van der Waals surface area contributed by atoms with Gasteiger partial charge < -0.3 is 4.98 Å². The number of nitrogens with two attached hydrogens (primary N) is 1. The predicted octanol–water partition coefficient (Wildman–Crippen LogP) is 2.57. The first-order valence-electron chi connectivity index (χ1n) is 6.90. The van der Waals surface area contributed by atoms with Gasteiger partial charge in [0.05, 0.1) is 4.92 Å². The highest BCUT2D eigenvalue weighted by Gasteiger charge is 2.25. The number of nitro benzene ring substituents is 1. The summed E-state index contributed by atoms with van der Waals surface area (Å²) in [6.07, 6.45) is 6.29. The molecule has 2 unspecified atom stereocenters. The molecule has 6 nitrogen and oxygen atoms in total. The first kappa shape index (κ1) is 13.1. The lowest BCUT2D eigenvalue weighted by Gasteiger charge is -2.28. The second-order valence-corrected chi connectivity index (χ2v) is 5.46. The number of H-pyrrole nitrogens is 1. The number of hydrazine groups is 1. The van der Waals surface area contributed by atoms with Crippen molar-refractivity contribution in [2.75, 3.05) is 0 Å². The molecule has 0 radical (unpaired) electrons. The highest BCUT2D eigenvalue weighted by Crippen LogP contribution is 2.37. The molecule has 2 aromatic rings. The number of rotatable bonds is 3. The van der Waals surface area contributed by atoms with Crippen LogP contribution in [0.2, 0.25) is 0 Å². The minimum atomic E-state index is -0.346. The minimum absolute atomic E-state index is 0.141. The van der Waals surface area contributed by atoms with Crippen LogP contribution < -0.4 is 11.3 Å². The number of nitro groups is 1. The number of aromatic nitrogens is 1. The van der Waals surface area contributed by atoms with Crippen molar-refractivity contribution < 1.29 is 4.92 Å². The SMILES string of the molecule is NNC1CCCC(c2c[nH]c3ccc([N+](=O)[O-])cc23)C1. The number of nitrogens with one attached hydrogen (secondary N) is 2. The normalized spacial score (nSPS) is 23.1. The Balaban J connectivity index is 1.98. The Morgan fingerprint density at radius 3 is 3.00 bits per heavy atom. The van der Waals surface area contributed by atoms with Gasteiger partial charge in [-0.25, -0.2) is 0 Å². The van der Waals surface area contributed by atoms with Gasteiger partial charge in [-0.1, -0.05) is 6.42 Å². The zero-order valence-electron chi connectivity index (χ0n) is 11.1. The quantitative estimate of drug-likeness (QED) is 0.455. The lowest BCUT2D eigenvalue weighted by molar-refractivity contribution is -0.384. The van der Waals surface area contributed by atoms with Crippen LogP contribution in [0.4, 0.5) is 5.69 Å². The summed E-state index contributed by atoms with van der Waals surface area (Å²) in [5, 5.41) is 11.9. The molecule has 1 saturated carbocycles. The van der Waals surface area contributed by atoms with Gasteiger partial charge in [0.15, 0.2) is 0 Å². The molecule has 2 atom stereocenters. The molecule has 1 aromatic heterocycles. The van der Waals surface area contributed by atoms with Gasteiger partial charge >= 0.3 is 0 Å². The summed E-state index contributed by atoms with van der Waals surface area (Å²) in [7, 11) is 0. The van der Waals surface area contributed by atoms with Gasteiger partial charge in [0, 0.05) is 35.3 Å². The third-order valence-electron chi connectivity index (χ3n) is 4.26. The topological polar surface area (TPSA) is 97.0 Å². The van der Waals surface area contributed by atoms with Crippen molar-refractivity contribution in [3.05, 3.63) is 40.1 Å².